The number of nitrogens with zero attached hydrogens (tertiary/aromatic N) is 1. The van der Waals surface area contributed by atoms with Gasteiger partial charge in [0.2, 0.25) is 0 Å². The molecule has 0 spiro atoms. The van der Waals surface area contributed by atoms with Crippen molar-refractivity contribution >= 4 is 5.57 Å². The number of hydrogen-bond donors (Lipinski definition) is 0. The molecule has 1 aromatic heterocycles. The Bertz CT molecular complexity index is 641. The van der Waals surface area contributed by atoms with Crippen LogP contribution in [0.15, 0.2) is 73.0 Å². The van der Waals surface area contributed by atoms with Gasteiger partial charge in [0.25, 0.3) is 0 Å². The van der Waals surface area contributed by atoms with Crippen LogP contribution in [0.3, 0.4) is 0 Å². The van der Waals surface area contributed by atoms with E-state index in [9.17, 15) is 0 Å². The molecule has 1 aromatic carbocycles. The van der Waals surface area contributed by atoms with Crippen LogP contribution in [0, 0.1) is 0 Å². The third-order valence-electron chi connectivity index (χ3n) is 3.55. The first kappa shape index (κ1) is 19.0. The maximum absolute atomic E-state index is 4.39. The molecule has 22 heavy (non-hydrogen) atoms. The molecule has 1 nitrogen and oxygen atoms in total. The van der Waals surface area contributed by atoms with Crippen LogP contribution in [0.25, 0.3) is 5.57 Å². The van der Waals surface area contributed by atoms with Crippen molar-refractivity contribution in [2.75, 3.05) is 0 Å². The number of aromatic nitrogens is 1. The van der Waals surface area contributed by atoms with Crippen LogP contribution in [0.1, 0.15) is 17.7 Å². The summed E-state index contributed by atoms with van der Waals surface area (Å²) in [6.45, 7) is 0. The Morgan fingerprint density at radius 1 is 0.955 bits per heavy atom. The van der Waals surface area contributed by atoms with Gasteiger partial charge in [0.1, 0.15) is 0 Å². The van der Waals surface area contributed by atoms with E-state index in [2.05, 4.69) is 75.9 Å². The van der Waals surface area contributed by atoms with Crippen LogP contribution in [-0.4, -0.2) is 4.98 Å². The van der Waals surface area contributed by atoms with Gasteiger partial charge in [0.15, 0.2) is 0 Å². The van der Waals surface area contributed by atoms with E-state index in [1.54, 1.807) is 0 Å². The number of rotatable bonds is 4. The summed E-state index contributed by atoms with van der Waals surface area (Å²) in [6.07, 6.45) is 10.7. The Balaban J connectivity index is 0.00000121. The summed E-state index contributed by atoms with van der Waals surface area (Å²) in [5, 5.41) is 0. The van der Waals surface area contributed by atoms with Gasteiger partial charge in [-0.25, -0.2) is 0 Å². The average molecular weight is 369 g/mol. The van der Waals surface area contributed by atoms with Crippen molar-refractivity contribution in [3.63, 3.8) is 0 Å². The Morgan fingerprint density at radius 2 is 1.68 bits per heavy atom. The second-order valence-corrected chi connectivity index (χ2v) is 6.26. The van der Waals surface area contributed by atoms with Gasteiger partial charge in [-0.15, -0.1) is 0 Å². The van der Waals surface area contributed by atoms with Crippen molar-refractivity contribution in [1.82, 2.24) is 4.98 Å². The minimum atomic E-state index is 0. The van der Waals surface area contributed by atoms with Crippen molar-refractivity contribution in [3.8, 4) is 0 Å². The molecular formula is C18H16Cl2CrN. The van der Waals surface area contributed by atoms with Gasteiger partial charge >= 0.3 is 128 Å². The quantitative estimate of drug-likeness (QED) is 0.632. The molecule has 2 aromatic rings. The topological polar surface area (TPSA) is 12.9 Å². The molecule has 0 N–H and O–H groups in total. The summed E-state index contributed by atoms with van der Waals surface area (Å²) in [5.41, 5.74) is 3.72. The third kappa shape index (κ3) is 4.73. The molecular weight excluding hydrogens is 353 g/mol. The monoisotopic (exact) mass is 368 g/mol. The second kappa shape index (κ2) is 8.56. The zero-order valence-corrected chi connectivity index (χ0v) is 14.7. The SMILES string of the molecule is [Cl-].[Cl-].[Cr+2][C]1(CCc2ccccn2)C=CC(c2ccccc2)=C1. The first-order valence-corrected chi connectivity index (χ1v) is 7.47. The van der Waals surface area contributed by atoms with E-state index < -0.39 is 0 Å². The van der Waals surface area contributed by atoms with Crippen LogP contribution in [0.2, 0.25) is 4.28 Å². The van der Waals surface area contributed by atoms with Crippen molar-refractivity contribution in [1.29, 1.82) is 0 Å². The predicted molar refractivity (Wildman–Crippen MR) is 78.8 cm³/mol. The Hall–Kier alpha value is -1.04. The molecule has 3 rings (SSSR count). The summed E-state index contributed by atoms with van der Waals surface area (Å²) in [6, 6.07) is 16.6. The molecule has 1 aliphatic rings. The maximum atomic E-state index is 4.39. The van der Waals surface area contributed by atoms with Crippen molar-refractivity contribution in [2.45, 2.75) is 17.1 Å². The molecule has 0 radical (unpaired) electrons. The molecule has 0 bridgehead atoms. The molecule has 1 heterocycles. The van der Waals surface area contributed by atoms with Gasteiger partial charge in [-0.1, -0.05) is 0 Å². The van der Waals surface area contributed by atoms with Crippen LogP contribution < -0.4 is 24.8 Å². The Morgan fingerprint density at radius 3 is 2.36 bits per heavy atom. The fourth-order valence-corrected chi connectivity index (χ4v) is 2.89. The van der Waals surface area contributed by atoms with Crippen molar-refractivity contribution in [2.24, 2.45) is 0 Å². The molecule has 1 atom stereocenters. The summed E-state index contributed by atoms with van der Waals surface area (Å²) in [4.78, 5) is 4.39. The number of aryl methyl sites for hydroxylation is 1. The van der Waals surface area contributed by atoms with Gasteiger partial charge in [-0.3, -0.25) is 0 Å². The van der Waals surface area contributed by atoms with Gasteiger partial charge in [0.05, 0.1) is 0 Å². The molecule has 0 aliphatic heterocycles. The van der Waals surface area contributed by atoms with E-state index in [1.165, 1.54) is 11.1 Å². The van der Waals surface area contributed by atoms with Crippen molar-refractivity contribution < 1.29 is 41.1 Å². The van der Waals surface area contributed by atoms with E-state index in [0.29, 0.717) is 0 Å². The zero-order valence-electron chi connectivity index (χ0n) is 12.0. The predicted octanol–water partition coefficient (Wildman–Crippen LogP) is -1.62. The van der Waals surface area contributed by atoms with Crippen LogP contribution in [-0.2, 0) is 22.7 Å². The molecule has 0 saturated heterocycles. The molecule has 1 aliphatic carbocycles. The van der Waals surface area contributed by atoms with Gasteiger partial charge in [-0.2, -0.15) is 0 Å². The Labute approximate surface area is 152 Å². The fraction of sp³-hybridized carbons (Fsp3) is 0.167. The van der Waals surface area contributed by atoms with Gasteiger partial charge in [0, 0.05) is 0 Å². The normalized spacial score (nSPS) is 19.0. The zero-order chi connectivity index (χ0) is 13.8. The van der Waals surface area contributed by atoms with Gasteiger partial charge in [-0.05, 0) is 0 Å². The molecule has 0 fully saturated rings. The summed E-state index contributed by atoms with van der Waals surface area (Å²) >= 11 is 3.33. The molecule has 1 unspecified atom stereocenters. The number of allylic oxidation sites excluding steroid dienone is 4. The summed E-state index contributed by atoms with van der Waals surface area (Å²) in [7, 11) is 0. The van der Waals surface area contributed by atoms with E-state index in [1.807, 2.05) is 18.3 Å². The standard InChI is InChI=1S/C18H16N.2ClH.Cr/c1-2-6-16(7-3-1)17-11-9-15(14-17)10-12-18-8-4-5-13-19-18;;;/h1-9,11,13-14H,10,12H2;2*1H;/q;;;+2/p-2. The number of halogens is 2. The molecule has 113 valence electrons. The van der Waals surface area contributed by atoms with Crippen LogP contribution in [0.4, 0.5) is 0 Å². The van der Waals surface area contributed by atoms with Gasteiger partial charge < -0.3 is 24.8 Å². The number of hydrogen-bond acceptors (Lipinski definition) is 1. The molecule has 0 amide bonds. The first-order chi connectivity index (χ1) is 9.75. The second-order valence-electron chi connectivity index (χ2n) is 5.08. The van der Waals surface area contributed by atoms with E-state index in [-0.39, 0.29) is 29.1 Å². The summed E-state index contributed by atoms with van der Waals surface area (Å²) < 4.78 is 0.0166. The van der Waals surface area contributed by atoms with E-state index in [0.717, 1.165) is 18.5 Å². The van der Waals surface area contributed by atoms with Crippen molar-refractivity contribution in [3.05, 3.63) is 84.2 Å². The first-order valence-electron chi connectivity index (χ1n) is 6.83. The summed E-state index contributed by atoms with van der Waals surface area (Å²) in [5.74, 6) is 0. The average Bonchev–Trinajstić information content (AvgIpc) is 2.90. The third-order valence-corrected chi connectivity index (χ3v) is 4.27. The van der Waals surface area contributed by atoms with Crippen LogP contribution in [0.5, 0.6) is 0 Å². The minimum absolute atomic E-state index is 0. The van der Waals surface area contributed by atoms with Crippen LogP contribution >= 0.6 is 0 Å². The number of pyridine rings is 1. The van der Waals surface area contributed by atoms with E-state index in [4.69, 9.17) is 0 Å². The molecule has 4 heteroatoms. The number of benzene rings is 1. The Kier molecular flexibility index (Phi) is 7.39. The molecule has 0 saturated carbocycles. The fourth-order valence-electron chi connectivity index (χ4n) is 2.43. The van der Waals surface area contributed by atoms with E-state index >= 15 is 0 Å².